The highest BCUT2D eigenvalue weighted by Gasteiger charge is 2.28. The van der Waals surface area contributed by atoms with E-state index in [1.54, 1.807) is 0 Å². The third-order valence-corrected chi connectivity index (χ3v) is 4.43. The average molecular weight is 212 g/mol. The van der Waals surface area contributed by atoms with Crippen molar-refractivity contribution in [2.24, 2.45) is 17.3 Å². The Morgan fingerprint density at radius 1 is 0.933 bits per heavy atom. The maximum atomic E-state index is 2.48. The lowest BCUT2D eigenvalue weighted by molar-refractivity contribution is 0.148. The van der Waals surface area contributed by atoms with Crippen LogP contribution < -0.4 is 0 Å². The first-order valence-corrected chi connectivity index (χ1v) is 7.00. The van der Waals surface area contributed by atoms with Crippen LogP contribution in [0.5, 0.6) is 0 Å². The summed E-state index contributed by atoms with van der Waals surface area (Å²) >= 11 is 0. The smallest absolute Gasteiger partial charge is 0.0303 e. The fourth-order valence-corrected chi connectivity index (χ4v) is 2.65. The van der Waals surface area contributed by atoms with E-state index in [0.717, 1.165) is 11.8 Å². The van der Waals surface area contributed by atoms with Crippen LogP contribution in [0.3, 0.4) is 0 Å². The SMILES string of the molecule is CCC(CCCC(C)C)C(C)(CC)CC. The van der Waals surface area contributed by atoms with Crippen LogP contribution in [0, 0.1) is 17.3 Å². The van der Waals surface area contributed by atoms with E-state index in [9.17, 15) is 0 Å². The summed E-state index contributed by atoms with van der Waals surface area (Å²) in [6, 6.07) is 0. The van der Waals surface area contributed by atoms with E-state index in [0.29, 0.717) is 5.41 Å². The Hall–Kier alpha value is 0. The predicted molar refractivity (Wildman–Crippen MR) is 71.2 cm³/mol. The van der Waals surface area contributed by atoms with Gasteiger partial charge in [0, 0.05) is 0 Å². The minimum absolute atomic E-state index is 0.589. The van der Waals surface area contributed by atoms with Crippen LogP contribution in [0.1, 0.15) is 80.1 Å². The molecule has 0 saturated carbocycles. The first-order valence-electron chi connectivity index (χ1n) is 7.00. The quantitative estimate of drug-likeness (QED) is 0.486. The van der Waals surface area contributed by atoms with Crippen LogP contribution >= 0.6 is 0 Å². The minimum Gasteiger partial charge on any atom is -0.0651 e. The minimum atomic E-state index is 0.589. The van der Waals surface area contributed by atoms with Crippen LogP contribution in [0.4, 0.5) is 0 Å². The molecular formula is C15H32. The van der Waals surface area contributed by atoms with Crippen molar-refractivity contribution < 1.29 is 0 Å². The van der Waals surface area contributed by atoms with Gasteiger partial charge < -0.3 is 0 Å². The largest absolute Gasteiger partial charge is 0.0651 e. The molecule has 0 aliphatic heterocycles. The molecule has 1 atom stereocenters. The molecule has 0 aliphatic carbocycles. The average Bonchev–Trinajstić information content (AvgIpc) is 2.23. The molecule has 15 heavy (non-hydrogen) atoms. The second-order valence-electron chi connectivity index (χ2n) is 5.79. The standard InChI is InChI=1S/C15H32/c1-7-14(12-10-11-13(4)5)15(6,8-2)9-3/h13-14H,7-12H2,1-6H3. The molecule has 0 heterocycles. The molecule has 0 fully saturated rings. The van der Waals surface area contributed by atoms with Crippen molar-refractivity contribution in [3.63, 3.8) is 0 Å². The highest BCUT2D eigenvalue weighted by molar-refractivity contribution is 4.79. The lowest BCUT2D eigenvalue weighted by Gasteiger charge is -2.36. The van der Waals surface area contributed by atoms with Crippen LogP contribution in [0.25, 0.3) is 0 Å². The van der Waals surface area contributed by atoms with Gasteiger partial charge in [0.25, 0.3) is 0 Å². The summed E-state index contributed by atoms with van der Waals surface area (Å²) in [6.07, 6.45) is 8.29. The molecule has 0 nitrogen and oxygen atoms in total. The van der Waals surface area contributed by atoms with E-state index in [1.165, 1.54) is 38.5 Å². The van der Waals surface area contributed by atoms with Gasteiger partial charge in [0.05, 0.1) is 0 Å². The van der Waals surface area contributed by atoms with Gasteiger partial charge in [0.1, 0.15) is 0 Å². The van der Waals surface area contributed by atoms with Gasteiger partial charge in [-0.15, -0.1) is 0 Å². The normalized spacial score (nSPS) is 14.6. The monoisotopic (exact) mass is 212 g/mol. The third-order valence-electron chi connectivity index (χ3n) is 4.43. The summed E-state index contributed by atoms with van der Waals surface area (Å²) in [5.41, 5.74) is 0.589. The van der Waals surface area contributed by atoms with Gasteiger partial charge in [0.15, 0.2) is 0 Å². The first kappa shape index (κ1) is 15.0. The van der Waals surface area contributed by atoms with Gasteiger partial charge in [0.2, 0.25) is 0 Å². The zero-order chi connectivity index (χ0) is 11.9. The molecule has 0 saturated heterocycles. The highest BCUT2D eigenvalue weighted by Crippen LogP contribution is 2.39. The molecule has 0 aromatic carbocycles. The Kier molecular flexibility index (Phi) is 7.30. The van der Waals surface area contributed by atoms with E-state index in [1.807, 2.05) is 0 Å². The van der Waals surface area contributed by atoms with Gasteiger partial charge in [-0.05, 0) is 23.7 Å². The van der Waals surface area contributed by atoms with E-state index < -0.39 is 0 Å². The van der Waals surface area contributed by atoms with E-state index in [-0.39, 0.29) is 0 Å². The van der Waals surface area contributed by atoms with Crippen molar-refractivity contribution in [1.29, 1.82) is 0 Å². The molecule has 0 aliphatic rings. The zero-order valence-electron chi connectivity index (χ0n) is 11.9. The van der Waals surface area contributed by atoms with Crippen LogP contribution in [0.15, 0.2) is 0 Å². The molecule has 0 spiro atoms. The second-order valence-corrected chi connectivity index (χ2v) is 5.79. The topological polar surface area (TPSA) is 0 Å². The summed E-state index contributed by atoms with van der Waals surface area (Å²) in [6.45, 7) is 14.2. The van der Waals surface area contributed by atoms with Crippen LogP contribution in [-0.2, 0) is 0 Å². The third kappa shape index (κ3) is 5.04. The zero-order valence-corrected chi connectivity index (χ0v) is 11.9. The lowest BCUT2D eigenvalue weighted by Crippen LogP contribution is -2.25. The van der Waals surface area contributed by atoms with Crippen molar-refractivity contribution in [3.8, 4) is 0 Å². The number of rotatable bonds is 8. The maximum Gasteiger partial charge on any atom is -0.0303 e. The van der Waals surface area contributed by atoms with Crippen LogP contribution in [0.2, 0.25) is 0 Å². The molecule has 0 aromatic heterocycles. The number of hydrogen-bond donors (Lipinski definition) is 0. The van der Waals surface area contributed by atoms with Crippen molar-refractivity contribution in [2.75, 3.05) is 0 Å². The first-order chi connectivity index (χ1) is 7.00. The number of hydrogen-bond acceptors (Lipinski definition) is 0. The van der Waals surface area contributed by atoms with E-state index in [2.05, 4.69) is 41.5 Å². The molecule has 1 unspecified atom stereocenters. The molecule has 0 N–H and O–H groups in total. The van der Waals surface area contributed by atoms with Crippen molar-refractivity contribution in [2.45, 2.75) is 80.1 Å². The summed E-state index contributed by atoms with van der Waals surface area (Å²) in [5.74, 6) is 1.81. The Morgan fingerprint density at radius 3 is 1.80 bits per heavy atom. The fraction of sp³-hybridized carbons (Fsp3) is 1.00. The molecule has 0 aromatic rings. The summed E-state index contributed by atoms with van der Waals surface area (Å²) in [7, 11) is 0. The van der Waals surface area contributed by atoms with Crippen molar-refractivity contribution in [1.82, 2.24) is 0 Å². The van der Waals surface area contributed by atoms with Crippen LogP contribution in [-0.4, -0.2) is 0 Å². The molecular weight excluding hydrogens is 180 g/mol. The summed E-state index contributed by atoms with van der Waals surface area (Å²) < 4.78 is 0. The Balaban J connectivity index is 4.10. The predicted octanol–water partition coefficient (Wildman–Crippen LogP) is 5.67. The highest BCUT2D eigenvalue weighted by atomic mass is 14.3. The molecule has 0 heteroatoms. The summed E-state index contributed by atoms with van der Waals surface area (Å²) in [5, 5.41) is 0. The molecule has 0 bridgehead atoms. The van der Waals surface area contributed by atoms with Crippen molar-refractivity contribution in [3.05, 3.63) is 0 Å². The molecule has 92 valence electrons. The molecule has 0 rings (SSSR count). The Labute approximate surface area is 97.8 Å². The summed E-state index contributed by atoms with van der Waals surface area (Å²) in [4.78, 5) is 0. The van der Waals surface area contributed by atoms with Gasteiger partial charge in [-0.2, -0.15) is 0 Å². The Morgan fingerprint density at radius 2 is 1.47 bits per heavy atom. The van der Waals surface area contributed by atoms with Gasteiger partial charge in [-0.25, -0.2) is 0 Å². The maximum absolute atomic E-state index is 2.48. The van der Waals surface area contributed by atoms with Gasteiger partial charge >= 0.3 is 0 Å². The van der Waals surface area contributed by atoms with E-state index in [4.69, 9.17) is 0 Å². The second kappa shape index (κ2) is 7.30. The van der Waals surface area contributed by atoms with Gasteiger partial charge in [-0.1, -0.05) is 73.6 Å². The molecule has 0 amide bonds. The lowest BCUT2D eigenvalue weighted by atomic mass is 9.69. The van der Waals surface area contributed by atoms with E-state index >= 15 is 0 Å². The van der Waals surface area contributed by atoms with Gasteiger partial charge in [-0.3, -0.25) is 0 Å². The Bertz CT molecular complexity index is 142. The molecule has 0 radical (unpaired) electrons. The fourth-order valence-electron chi connectivity index (χ4n) is 2.65. The van der Waals surface area contributed by atoms with Crippen molar-refractivity contribution >= 4 is 0 Å².